The van der Waals surface area contributed by atoms with E-state index in [9.17, 15) is 14.4 Å². The normalized spacial score (nSPS) is 13.7. The van der Waals surface area contributed by atoms with Crippen molar-refractivity contribution in [1.82, 2.24) is 14.5 Å². The second-order valence-electron chi connectivity index (χ2n) is 6.02. The fraction of sp³-hybridized carbons (Fsp3) is 0.333. The number of hydrogen-bond acceptors (Lipinski definition) is 5. The summed E-state index contributed by atoms with van der Waals surface area (Å²) in [5.74, 6) is -0.225. The first kappa shape index (κ1) is 18.2. The molecule has 1 fully saturated rings. The van der Waals surface area contributed by atoms with E-state index in [1.54, 1.807) is 31.3 Å². The molecule has 0 aliphatic carbocycles. The molecule has 1 aromatic heterocycles. The molecule has 0 saturated carbocycles. The van der Waals surface area contributed by atoms with Crippen LogP contribution in [0.15, 0.2) is 46.5 Å². The third kappa shape index (κ3) is 4.13. The highest BCUT2D eigenvalue weighted by Gasteiger charge is 2.20. The number of aromatic nitrogens is 2. The SMILES string of the molecule is Cn1c(SCC(=O)N2CCCC2)ncc(C(=O)Nc2ccccc2)c1=O. The second kappa shape index (κ2) is 8.18. The van der Waals surface area contributed by atoms with Gasteiger partial charge in [-0.25, -0.2) is 4.98 Å². The van der Waals surface area contributed by atoms with Crippen molar-refractivity contribution in [2.45, 2.75) is 18.0 Å². The summed E-state index contributed by atoms with van der Waals surface area (Å²) in [4.78, 5) is 42.9. The lowest BCUT2D eigenvalue weighted by Gasteiger charge is -2.15. The molecule has 0 bridgehead atoms. The van der Waals surface area contributed by atoms with Crippen molar-refractivity contribution < 1.29 is 9.59 Å². The van der Waals surface area contributed by atoms with Crippen LogP contribution in [-0.2, 0) is 11.8 Å². The molecule has 1 aliphatic rings. The summed E-state index contributed by atoms with van der Waals surface area (Å²) in [6, 6.07) is 8.91. The maximum absolute atomic E-state index is 12.5. The van der Waals surface area contributed by atoms with Gasteiger partial charge in [0.1, 0.15) is 5.56 Å². The lowest BCUT2D eigenvalue weighted by atomic mass is 10.2. The van der Waals surface area contributed by atoms with Crippen LogP contribution in [0.4, 0.5) is 5.69 Å². The van der Waals surface area contributed by atoms with Crippen molar-refractivity contribution >= 4 is 29.3 Å². The molecule has 1 aromatic carbocycles. The summed E-state index contributed by atoms with van der Waals surface area (Å²) in [5, 5.41) is 3.09. The molecular formula is C18H20N4O3S. The second-order valence-corrected chi connectivity index (χ2v) is 6.96. The van der Waals surface area contributed by atoms with Gasteiger partial charge in [-0.3, -0.25) is 19.0 Å². The Kier molecular flexibility index (Phi) is 5.72. The Morgan fingerprint density at radius 3 is 2.58 bits per heavy atom. The number of para-hydroxylation sites is 1. The highest BCUT2D eigenvalue weighted by molar-refractivity contribution is 7.99. The fourth-order valence-corrected chi connectivity index (χ4v) is 3.56. The number of amides is 2. The van der Waals surface area contributed by atoms with Crippen molar-refractivity contribution in [2.24, 2.45) is 7.05 Å². The molecule has 7 nitrogen and oxygen atoms in total. The van der Waals surface area contributed by atoms with Crippen LogP contribution in [0.1, 0.15) is 23.2 Å². The molecule has 2 aromatic rings. The van der Waals surface area contributed by atoms with Crippen LogP contribution in [0.25, 0.3) is 0 Å². The van der Waals surface area contributed by atoms with Gasteiger partial charge in [0, 0.05) is 32.0 Å². The van der Waals surface area contributed by atoms with E-state index >= 15 is 0 Å². The Bertz CT molecular complexity index is 860. The third-order valence-corrected chi connectivity index (χ3v) is 5.21. The molecule has 0 atom stereocenters. The molecular weight excluding hydrogens is 352 g/mol. The molecule has 1 saturated heterocycles. The molecule has 3 rings (SSSR count). The molecule has 1 N–H and O–H groups in total. The lowest BCUT2D eigenvalue weighted by molar-refractivity contribution is -0.127. The largest absolute Gasteiger partial charge is 0.342 e. The standard InChI is InChI=1S/C18H20N4O3S/c1-21-17(25)14(16(24)20-13-7-3-2-4-8-13)11-19-18(21)26-12-15(23)22-9-5-6-10-22/h2-4,7-8,11H,5-6,9-10,12H2,1H3,(H,20,24). The number of likely N-dealkylation sites (tertiary alicyclic amines) is 1. The number of hydrogen-bond donors (Lipinski definition) is 1. The topological polar surface area (TPSA) is 84.3 Å². The van der Waals surface area contributed by atoms with E-state index < -0.39 is 11.5 Å². The highest BCUT2D eigenvalue weighted by Crippen LogP contribution is 2.16. The Morgan fingerprint density at radius 2 is 1.88 bits per heavy atom. The van der Waals surface area contributed by atoms with E-state index in [0.717, 1.165) is 25.9 Å². The number of anilines is 1. The number of nitrogens with zero attached hydrogens (tertiary/aromatic N) is 3. The molecule has 26 heavy (non-hydrogen) atoms. The number of benzene rings is 1. The van der Waals surface area contributed by atoms with Gasteiger partial charge in [-0.15, -0.1) is 0 Å². The summed E-state index contributed by atoms with van der Waals surface area (Å²) in [6.07, 6.45) is 3.35. The predicted molar refractivity (Wildman–Crippen MR) is 100 cm³/mol. The minimum atomic E-state index is -0.506. The maximum atomic E-state index is 12.5. The van der Waals surface area contributed by atoms with Crippen LogP contribution in [0.2, 0.25) is 0 Å². The summed E-state index contributed by atoms with van der Waals surface area (Å²) in [7, 11) is 1.55. The van der Waals surface area contributed by atoms with Crippen LogP contribution in [0.3, 0.4) is 0 Å². The Balaban J connectivity index is 1.68. The van der Waals surface area contributed by atoms with Crippen molar-refractivity contribution in [3.63, 3.8) is 0 Å². The van der Waals surface area contributed by atoms with E-state index in [1.165, 1.54) is 22.5 Å². The first-order valence-corrected chi connectivity index (χ1v) is 9.38. The monoisotopic (exact) mass is 372 g/mol. The van der Waals surface area contributed by atoms with Gasteiger partial charge in [-0.05, 0) is 25.0 Å². The quantitative estimate of drug-likeness (QED) is 0.638. The minimum absolute atomic E-state index is 0.0356. The minimum Gasteiger partial charge on any atom is -0.342 e. The predicted octanol–water partition coefficient (Wildman–Crippen LogP) is 1.75. The summed E-state index contributed by atoms with van der Waals surface area (Å²) in [5.41, 5.74) is 0.130. The van der Waals surface area contributed by atoms with Crippen molar-refractivity contribution in [3.8, 4) is 0 Å². The van der Waals surface area contributed by atoms with Crippen LogP contribution in [0, 0.1) is 0 Å². The summed E-state index contributed by atoms with van der Waals surface area (Å²) < 4.78 is 1.31. The first-order chi connectivity index (χ1) is 12.6. The fourth-order valence-electron chi connectivity index (χ4n) is 2.72. The molecule has 0 spiro atoms. The van der Waals surface area contributed by atoms with Crippen LogP contribution in [0.5, 0.6) is 0 Å². The zero-order chi connectivity index (χ0) is 18.5. The Morgan fingerprint density at radius 1 is 1.19 bits per heavy atom. The molecule has 2 amide bonds. The number of carbonyl (C=O) groups is 2. The third-order valence-electron chi connectivity index (χ3n) is 4.19. The van der Waals surface area contributed by atoms with Gasteiger partial charge in [0.2, 0.25) is 5.91 Å². The maximum Gasteiger partial charge on any atom is 0.266 e. The van der Waals surface area contributed by atoms with Crippen molar-refractivity contribution in [2.75, 3.05) is 24.2 Å². The van der Waals surface area contributed by atoms with Gasteiger partial charge in [-0.1, -0.05) is 30.0 Å². The molecule has 136 valence electrons. The zero-order valence-corrected chi connectivity index (χ0v) is 15.3. The average Bonchev–Trinajstić information content (AvgIpc) is 3.18. The summed E-state index contributed by atoms with van der Waals surface area (Å²) >= 11 is 1.21. The van der Waals surface area contributed by atoms with Crippen LogP contribution in [-0.4, -0.2) is 45.1 Å². The van der Waals surface area contributed by atoms with Gasteiger partial charge in [0.25, 0.3) is 11.5 Å². The summed E-state index contributed by atoms with van der Waals surface area (Å²) in [6.45, 7) is 1.59. The van der Waals surface area contributed by atoms with Crippen LogP contribution >= 0.6 is 11.8 Å². The van der Waals surface area contributed by atoms with E-state index in [1.807, 2.05) is 11.0 Å². The number of thioether (sulfide) groups is 1. The van der Waals surface area contributed by atoms with Crippen molar-refractivity contribution in [1.29, 1.82) is 0 Å². The number of nitrogens with one attached hydrogen (secondary N) is 1. The van der Waals surface area contributed by atoms with Crippen molar-refractivity contribution in [3.05, 3.63) is 52.4 Å². The number of rotatable bonds is 5. The lowest BCUT2D eigenvalue weighted by Crippen LogP contribution is -2.31. The van der Waals surface area contributed by atoms with E-state index in [4.69, 9.17) is 0 Å². The number of carbonyl (C=O) groups excluding carboxylic acids is 2. The smallest absolute Gasteiger partial charge is 0.266 e. The molecule has 8 heteroatoms. The Labute approximate surface area is 155 Å². The van der Waals surface area contributed by atoms with Gasteiger partial charge in [0.15, 0.2) is 5.16 Å². The van der Waals surface area contributed by atoms with E-state index in [-0.39, 0.29) is 17.2 Å². The van der Waals surface area contributed by atoms with Gasteiger partial charge < -0.3 is 10.2 Å². The molecule has 2 heterocycles. The van der Waals surface area contributed by atoms with Crippen LogP contribution < -0.4 is 10.9 Å². The molecule has 1 aliphatic heterocycles. The van der Waals surface area contributed by atoms with Gasteiger partial charge in [-0.2, -0.15) is 0 Å². The van der Waals surface area contributed by atoms with E-state index in [0.29, 0.717) is 10.8 Å². The van der Waals surface area contributed by atoms with Gasteiger partial charge >= 0.3 is 0 Å². The molecule has 0 unspecified atom stereocenters. The highest BCUT2D eigenvalue weighted by atomic mass is 32.2. The molecule has 0 radical (unpaired) electrons. The average molecular weight is 372 g/mol. The first-order valence-electron chi connectivity index (χ1n) is 8.39. The van der Waals surface area contributed by atoms with Gasteiger partial charge in [0.05, 0.1) is 5.75 Å². The zero-order valence-electron chi connectivity index (χ0n) is 14.5. The Hall–Kier alpha value is -2.61. The van der Waals surface area contributed by atoms with E-state index in [2.05, 4.69) is 10.3 Å².